The molecule has 28 heavy (non-hydrogen) atoms. The van der Waals surface area contributed by atoms with E-state index in [1.807, 2.05) is 38.1 Å². The van der Waals surface area contributed by atoms with Crippen molar-refractivity contribution in [3.8, 4) is 0 Å². The number of nitrogens with zero attached hydrogens (tertiary/aromatic N) is 2. The van der Waals surface area contributed by atoms with Gasteiger partial charge < -0.3 is 10.6 Å². The lowest BCUT2D eigenvalue weighted by molar-refractivity contribution is -0.131. The van der Waals surface area contributed by atoms with Crippen LogP contribution in [-0.4, -0.2) is 54.2 Å². The van der Waals surface area contributed by atoms with Crippen molar-refractivity contribution in [2.45, 2.75) is 26.7 Å². The lowest BCUT2D eigenvalue weighted by atomic mass is 9.93. The molecule has 0 unspecified atom stereocenters. The van der Waals surface area contributed by atoms with E-state index < -0.39 is 0 Å². The van der Waals surface area contributed by atoms with Gasteiger partial charge in [0.2, 0.25) is 5.91 Å². The Morgan fingerprint density at radius 3 is 2.18 bits per heavy atom. The molecule has 3 rings (SSSR count). The zero-order chi connectivity index (χ0) is 20.5. The van der Waals surface area contributed by atoms with Crippen LogP contribution in [0.4, 0.5) is 0 Å². The largest absolute Gasteiger partial charge is 0.345 e. The number of hydrogen-bond donors (Lipinski definition) is 1. The van der Waals surface area contributed by atoms with Crippen LogP contribution in [-0.2, 0) is 4.79 Å². The summed E-state index contributed by atoms with van der Waals surface area (Å²) in [6.45, 7) is 5.31. The highest BCUT2D eigenvalue weighted by Gasteiger charge is 2.32. The van der Waals surface area contributed by atoms with E-state index in [4.69, 9.17) is 5.73 Å². The van der Waals surface area contributed by atoms with Crippen LogP contribution in [0.15, 0.2) is 36.4 Å². The van der Waals surface area contributed by atoms with Gasteiger partial charge in [-0.05, 0) is 35.9 Å². The van der Waals surface area contributed by atoms with Crippen LogP contribution in [0.25, 0.3) is 10.8 Å². The Kier molecular flexibility index (Phi) is 5.52. The Balaban J connectivity index is 1.67. The number of carbonyl (C=O) groups is 3. The van der Waals surface area contributed by atoms with Gasteiger partial charge in [0.05, 0.1) is 0 Å². The summed E-state index contributed by atoms with van der Waals surface area (Å²) in [5.41, 5.74) is 6.67. The van der Waals surface area contributed by atoms with Gasteiger partial charge in [-0.3, -0.25) is 19.3 Å². The Labute approximate surface area is 165 Å². The van der Waals surface area contributed by atoms with Crippen molar-refractivity contribution < 1.29 is 14.4 Å². The highest BCUT2D eigenvalue weighted by Crippen LogP contribution is 2.30. The molecule has 2 aromatic carbocycles. The molecule has 1 aliphatic rings. The fourth-order valence-electron chi connectivity index (χ4n) is 3.66. The van der Waals surface area contributed by atoms with Crippen molar-refractivity contribution in [2.24, 2.45) is 11.1 Å². The number of nitrogens with two attached hydrogens (primary N) is 1. The summed E-state index contributed by atoms with van der Waals surface area (Å²) < 4.78 is 0. The van der Waals surface area contributed by atoms with Crippen molar-refractivity contribution in [1.82, 2.24) is 9.80 Å². The fourth-order valence-corrected chi connectivity index (χ4v) is 3.66. The first-order valence-corrected chi connectivity index (χ1v) is 9.57. The lowest BCUT2D eigenvalue weighted by Gasteiger charge is -2.30. The molecule has 148 valence electrons. The number of imide groups is 1. The molecule has 1 heterocycles. The minimum absolute atomic E-state index is 0.0130. The number of hydrogen-bond acceptors (Lipinski definition) is 4. The molecule has 0 aliphatic carbocycles. The predicted octanol–water partition coefficient (Wildman–Crippen LogP) is 2.66. The standard InChI is InChI=1S/C22H27N3O3/c1-22(2,13-23)14-24(3)18(26)11-6-12-25-20(27)16-9-4-7-15-8-5-10-17(19(15)16)21(25)28/h4-5,7-10H,6,11-14,23H2,1-3H3. The maximum Gasteiger partial charge on any atom is 0.261 e. The lowest BCUT2D eigenvalue weighted by Crippen LogP contribution is -2.42. The van der Waals surface area contributed by atoms with E-state index >= 15 is 0 Å². The fraction of sp³-hybridized carbons (Fsp3) is 0.409. The van der Waals surface area contributed by atoms with Crippen LogP contribution < -0.4 is 5.73 Å². The van der Waals surface area contributed by atoms with Gasteiger partial charge in [0.15, 0.2) is 0 Å². The number of amides is 3. The first kappa shape index (κ1) is 20.0. The average Bonchev–Trinajstić information content (AvgIpc) is 2.68. The molecule has 6 nitrogen and oxygen atoms in total. The third-order valence-corrected chi connectivity index (χ3v) is 5.27. The van der Waals surface area contributed by atoms with Crippen molar-refractivity contribution in [2.75, 3.05) is 26.7 Å². The summed E-state index contributed by atoms with van der Waals surface area (Å²) in [6.07, 6.45) is 0.710. The number of rotatable bonds is 7. The summed E-state index contributed by atoms with van der Waals surface area (Å²) in [4.78, 5) is 41.0. The van der Waals surface area contributed by atoms with Gasteiger partial charge in [0, 0.05) is 43.1 Å². The zero-order valence-corrected chi connectivity index (χ0v) is 16.7. The molecule has 1 aliphatic heterocycles. The summed E-state index contributed by atoms with van der Waals surface area (Å²) in [7, 11) is 1.76. The van der Waals surface area contributed by atoms with Crippen LogP contribution >= 0.6 is 0 Å². The van der Waals surface area contributed by atoms with Gasteiger partial charge in [-0.1, -0.05) is 38.1 Å². The van der Waals surface area contributed by atoms with Gasteiger partial charge in [0.25, 0.3) is 11.8 Å². The molecule has 0 aromatic heterocycles. The van der Waals surface area contributed by atoms with Crippen LogP contribution in [0.5, 0.6) is 0 Å². The molecule has 2 aromatic rings. The zero-order valence-electron chi connectivity index (χ0n) is 16.7. The molecular weight excluding hydrogens is 354 g/mol. The third-order valence-electron chi connectivity index (χ3n) is 5.27. The Morgan fingerprint density at radius 1 is 1.07 bits per heavy atom. The molecule has 0 spiro atoms. The summed E-state index contributed by atoms with van der Waals surface area (Å²) >= 11 is 0. The van der Waals surface area contributed by atoms with Crippen molar-refractivity contribution in [1.29, 1.82) is 0 Å². The van der Waals surface area contributed by atoms with Crippen molar-refractivity contribution in [3.05, 3.63) is 47.5 Å². The minimum Gasteiger partial charge on any atom is -0.345 e. The molecule has 0 saturated heterocycles. The molecule has 0 fully saturated rings. The number of benzene rings is 2. The highest BCUT2D eigenvalue weighted by atomic mass is 16.2. The maximum absolute atomic E-state index is 12.8. The van der Waals surface area contributed by atoms with Crippen molar-refractivity contribution in [3.63, 3.8) is 0 Å². The van der Waals surface area contributed by atoms with Crippen LogP contribution in [0, 0.1) is 5.41 Å². The van der Waals surface area contributed by atoms with Crippen molar-refractivity contribution >= 4 is 28.5 Å². The van der Waals surface area contributed by atoms with E-state index in [2.05, 4.69) is 0 Å². The molecular formula is C22H27N3O3. The van der Waals surface area contributed by atoms with Crippen LogP contribution in [0.3, 0.4) is 0 Å². The summed E-state index contributed by atoms with van der Waals surface area (Å²) in [5.74, 6) is -0.598. The van der Waals surface area contributed by atoms with Gasteiger partial charge in [-0.25, -0.2) is 0 Å². The molecule has 6 heteroatoms. The van der Waals surface area contributed by atoms with Gasteiger partial charge in [-0.15, -0.1) is 0 Å². The molecule has 0 saturated carbocycles. The average molecular weight is 381 g/mol. The van der Waals surface area contributed by atoms with E-state index in [9.17, 15) is 14.4 Å². The van der Waals surface area contributed by atoms with Crippen LogP contribution in [0.1, 0.15) is 47.4 Å². The van der Waals surface area contributed by atoms with E-state index in [-0.39, 0.29) is 36.1 Å². The van der Waals surface area contributed by atoms with E-state index in [1.165, 1.54) is 4.90 Å². The Morgan fingerprint density at radius 2 is 1.64 bits per heavy atom. The topological polar surface area (TPSA) is 83.7 Å². The molecule has 0 atom stereocenters. The first-order valence-electron chi connectivity index (χ1n) is 9.57. The monoisotopic (exact) mass is 381 g/mol. The second-order valence-electron chi connectivity index (χ2n) is 8.19. The van der Waals surface area contributed by atoms with Gasteiger partial charge >= 0.3 is 0 Å². The SMILES string of the molecule is CN(CC(C)(C)CN)C(=O)CCCN1C(=O)c2cccc3cccc(c23)C1=O. The van der Waals surface area contributed by atoms with Gasteiger partial charge in [0.1, 0.15) is 0 Å². The first-order chi connectivity index (χ1) is 13.2. The second kappa shape index (κ2) is 7.72. The summed E-state index contributed by atoms with van der Waals surface area (Å²) in [6, 6.07) is 10.9. The second-order valence-corrected chi connectivity index (χ2v) is 8.19. The Bertz CT molecular complexity index is 885. The third kappa shape index (κ3) is 3.78. The normalized spacial score (nSPS) is 13.9. The van der Waals surface area contributed by atoms with E-state index in [0.29, 0.717) is 30.6 Å². The molecule has 0 radical (unpaired) electrons. The van der Waals surface area contributed by atoms with E-state index in [1.54, 1.807) is 24.1 Å². The molecule has 3 amide bonds. The Hall–Kier alpha value is -2.73. The highest BCUT2D eigenvalue weighted by molar-refractivity contribution is 6.25. The predicted molar refractivity (Wildman–Crippen MR) is 109 cm³/mol. The van der Waals surface area contributed by atoms with Crippen LogP contribution in [0.2, 0.25) is 0 Å². The molecule has 0 bridgehead atoms. The van der Waals surface area contributed by atoms with Gasteiger partial charge in [-0.2, -0.15) is 0 Å². The molecule has 2 N–H and O–H groups in total. The minimum atomic E-state index is -0.292. The quantitative estimate of drug-likeness (QED) is 0.748. The summed E-state index contributed by atoms with van der Waals surface area (Å²) in [5, 5.41) is 1.60. The smallest absolute Gasteiger partial charge is 0.261 e. The number of carbonyl (C=O) groups excluding carboxylic acids is 3. The van der Waals surface area contributed by atoms with E-state index in [0.717, 1.165) is 10.8 Å². The maximum atomic E-state index is 12.8.